The summed E-state index contributed by atoms with van der Waals surface area (Å²) in [4.78, 5) is 5.10. The van der Waals surface area contributed by atoms with E-state index in [0.29, 0.717) is 17.1 Å². The highest BCUT2D eigenvalue weighted by molar-refractivity contribution is 6.31. The molecular weight excluding hydrogens is 289 g/mol. The molecule has 0 aromatic heterocycles. The predicted molar refractivity (Wildman–Crippen MR) is 84.4 cm³/mol. The van der Waals surface area contributed by atoms with Crippen molar-refractivity contribution >= 4 is 11.6 Å². The molecule has 4 rings (SSSR count). The first-order valence-corrected chi connectivity index (χ1v) is 8.19. The number of likely N-dealkylation sites (N-methyl/N-ethyl adjacent to an activating group) is 1. The fraction of sp³-hybridized carbons (Fsp3) is 0.625. The molecule has 2 bridgehead atoms. The lowest BCUT2D eigenvalue weighted by molar-refractivity contribution is -0.00289. The van der Waals surface area contributed by atoms with Gasteiger partial charge in [0.1, 0.15) is 5.82 Å². The van der Waals surface area contributed by atoms with Gasteiger partial charge in [-0.15, -0.1) is 0 Å². The molecule has 1 aromatic rings. The van der Waals surface area contributed by atoms with E-state index in [1.165, 1.54) is 19.2 Å². The first-order valence-electron chi connectivity index (χ1n) is 7.81. The van der Waals surface area contributed by atoms with E-state index in [0.717, 1.165) is 38.2 Å². The number of nitrogens with zero attached hydrogens (tertiary/aromatic N) is 2. The SMILES string of the molecule is CCNC(Cc1cc(F)ccc1Cl)C1CN2CCN1CC2. The highest BCUT2D eigenvalue weighted by Crippen LogP contribution is 2.24. The number of fused-ring (bicyclic) bond motifs is 3. The molecule has 1 aromatic carbocycles. The maximum Gasteiger partial charge on any atom is 0.123 e. The van der Waals surface area contributed by atoms with E-state index >= 15 is 0 Å². The van der Waals surface area contributed by atoms with Gasteiger partial charge in [-0.3, -0.25) is 9.80 Å². The zero-order valence-electron chi connectivity index (χ0n) is 12.5. The second-order valence-corrected chi connectivity index (χ2v) is 6.42. The molecule has 2 unspecified atom stereocenters. The lowest BCUT2D eigenvalue weighted by Crippen LogP contribution is -2.66. The lowest BCUT2D eigenvalue weighted by atomic mass is 9.94. The van der Waals surface area contributed by atoms with Crippen LogP contribution in [0.25, 0.3) is 0 Å². The van der Waals surface area contributed by atoms with Crippen LogP contribution in [0.15, 0.2) is 18.2 Å². The molecule has 3 fully saturated rings. The molecule has 116 valence electrons. The lowest BCUT2D eigenvalue weighted by Gasteiger charge is -2.50. The van der Waals surface area contributed by atoms with Crippen molar-refractivity contribution < 1.29 is 4.39 Å². The molecule has 0 amide bonds. The third-order valence-corrected chi connectivity index (χ3v) is 5.07. The van der Waals surface area contributed by atoms with E-state index in [1.54, 1.807) is 12.1 Å². The second kappa shape index (κ2) is 6.61. The van der Waals surface area contributed by atoms with Crippen molar-refractivity contribution in [2.24, 2.45) is 0 Å². The molecule has 3 saturated heterocycles. The normalized spacial score (nSPS) is 29.6. The Labute approximate surface area is 131 Å². The van der Waals surface area contributed by atoms with Crippen molar-refractivity contribution in [2.75, 3.05) is 39.3 Å². The van der Waals surface area contributed by atoms with Crippen LogP contribution in [-0.4, -0.2) is 61.2 Å². The van der Waals surface area contributed by atoms with Crippen LogP contribution < -0.4 is 5.32 Å². The van der Waals surface area contributed by atoms with Crippen LogP contribution in [0, 0.1) is 5.82 Å². The highest BCUT2D eigenvalue weighted by Gasteiger charge is 2.36. The number of hydrogen-bond donors (Lipinski definition) is 1. The molecule has 3 aliphatic heterocycles. The van der Waals surface area contributed by atoms with E-state index in [2.05, 4.69) is 22.0 Å². The van der Waals surface area contributed by atoms with E-state index in [9.17, 15) is 4.39 Å². The van der Waals surface area contributed by atoms with Crippen molar-refractivity contribution in [3.63, 3.8) is 0 Å². The average Bonchev–Trinajstić information content (AvgIpc) is 2.51. The summed E-state index contributed by atoms with van der Waals surface area (Å²) in [6, 6.07) is 5.46. The average molecular weight is 312 g/mol. The van der Waals surface area contributed by atoms with Crippen molar-refractivity contribution in [3.05, 3.63) is 34.6 Å². The largest absolute Gasteiger partial charge is 0.312 e. The number of rotatable bonds is 5. The number of hydrogen-bond acceptors (Lipinski definition) is 3. The monoisotopic (exact) mass is 311 g/mol. The second-order valence-electron chi connectivity index (χ2n) is 6.01. The van der Waals surface area contributed by atoms with Crippen molar-refractivity contribution in [3.8, 4) is 0 Å². The molecule has 0 radical (unpaired) electrons. The van der Waals surface area contributed by atoms with Gasteiger partial charge in [0.05, 0.1) is 0 Å². The smallest absolute Gasteiger partial charge is 0.123 e. The van der Waals surface area contributed by atoms with Gasteiger partial charge < -0.3 is 5.32 Å². The van der Waals surface area contributed by atoms with Gasteiger partial charge in [-0.2, -0.15) is 0 Å². The maximum atomic E-state index is 13.5. The minimum Gasteiger partial charge on any atom is -0.312 e. The van der Waals surface area contributed by atoms with Crippen LogP contribution in [0.2, 0.25) is 5.02 Å². The van der Waals surface area contributed by atoms with E-state index in [4.69, 9.17) is 11.6 Å². The van der Waals surface area contributed by atoms with Crippen LogP contribution in [-0.2, 0) is 6.42 Å². The van der Waals surface area contributed by atoms with Gasteiger partial charge in [-0.25, -0.2) is 4.39 Å². The third-order valence-electron chi connectivity index (χ3n) is 4.70. The molecule has 3 aliphatic rings. The van der Waals surface area contributed by atoms with Crippen LogP contribution in [0.3, 0.4) is 0 Å². The van der Waals surface area contributed by atoms with Crippen molar-refractivity contribution in [1.82, 2.24) is 15.1 Å². The summed E-state index contributed by atoms with van der Waals surface area (Å²) in [5, 5.41) is 4.25. The minimum atomic E-state index is -0.209. The topological polar surface area (TPSA) is 18.5 Å². The Morgan fingerprint density at radius 3 is 2.71 bits per heavy atom. The molecule has 5 heteroatoms. The Bertz CT molecular complexity index is 488. The number of halogens is 2. The fourth-order valence-electron chi connectivity index (χ4n) is 3.58. The van der Waals surface area contributed by atoms with Gasteiger partial charge in [0.2, 0.25) is 0 Å². The Balaban J connectivity index is 1.76. The molecule has 1 N–H and O–H groups in total. The van der Waals surface area contributed by atoms with Crippen LogP contribution in [0.1, 0.15) is 12.5 Å². The van der Waals surface area contributed by atoms with Gasteiger partial charge in [0.25, 0.3) is 0 Å². The molecule has 0 saturated carbocycles. The van der Waals surface area contributed by atoms with Crippen molar-refractivity contribution in [2.45, 2.75) is 25.4 Å². The standard InChI is InChI=1S/C16H23ClFN3/c1-2-19-15(10-12-9-13(18)3-4-14(12)17)16-11-20-5-7-21(16)8-6-20/h3-4,9,15-16,19H,2,5-8,10-11H2,1H3. The summed E-state index contributed by atoms with van der Waals surface area (Å²) in [5.41, 5.74) is 0.903. The van der Waals surface area contributed by atoms with Gasteiger partial charge in [-0.05, 0) is 36.7 Å². The molecule has 0 spiro atoms. The van der Waals surface area contributed by atoms with Crippen LogP contribution >= 0.6 is 11.6 Å². The third kappa shape index (κ3) is 3.39. The summed E-state index contributed by atoms with van der Waals surface area (Å²) in [5.74, 6) is -0.209. The molecule has 2 atom stereocenters. The Kier molecular flexibility index (Phi) is 4.79. The Morgan fingerprint density at radius 1 is 1.33 bits per heavy atom. The zero-order valence-corrected chi connectivity index (χ0v) is 13.2. The van der Waals surface area contributed by atoms with Crippen LogP contribution in [0.5, 0.6) is 0 Å². The summed E-state index contributed by atoms with van der Waals surface area (Å²) < 4.78 is 13.5. The summed E-state index contributed by atoms with van der Waals surface area (Å²) in [7, 11) is 0. The van der Waals surface area contributed by atoms with Crippen LogP contribution in [0.4, 0.5) is 4.39 Å². The van der Waals surface area contributed by atoms with E-state index in [1.807, 2.05) is 0 Å². The van der Waals surface area contributed by atoms with Gasteiger partial charge >= 0.3 is 0 Å². The van der Waals surface area contributed by atoms with Crippen molar-refractivity contribution in [1.29, 1.82) is 0 Å². The quantitative estimate of drug-likeness (QED) is 0.897. The minimum absolute atomic E-state index is 0.209. The number of nitrogens with one attached hydrogen (secondary N) is 1. The summed E-state index contributed by atoms with van der Waals surface area (Å²) in [6.45, 7) is 8.78. The first-order chi connectivity index (χ1) is 10.2. The fourth-order valence-corrected chi connectivity index (χ4v) is 3.78. The highest BCUT2D eigenvalue weighted by atomic mass is 35.5. The summed E-state index contributed by atoms with van der Waals surface area (Å²) in [6.07, 6.45) is 0.777. The predicted octanol–water partition coefficient (Wildman–Crippen LogP) is 2.00. The Morgan fingerprint density at radius 2 is 2.10 bits per heavy atom. The number of piperazine rings is 3. The van der Waals surface area contributed by atoms with Gasteiger partial charge in [0, 0.05) is 49.8 Å². The molecule has 21 heavy (non-hydrogen) atoms. The van der Waals surface area contributed by atoms with Gasteiger partial charge in [-0.1, -0.05) is 18.5 Å². The molecular formula is C16H23ClFN3. The zero-order chi connectivity index (χ0) is 14.8. The maximum absolute atomic E-state index is 13.5. The molecule has 3 heterocycles. The Hall–Kier alpha value is -0.680. The molecule has 0 aliphatic carbocycles. The number of benzene rings is 1. The van der Waals surface area contributed by atoms with E-state index in [-0.39, 0.29) is 5.82 Å². The van der Waals surface area contributed by atoms with Gasteiger partial charge in [0.15, 0.2) is 0 Å². The molecule has 3 nitrogen and oxygen atoms in total. The first kappa shape index (κ1) is 15.2. The van der Waals surface area contributed by atoms with E-state index < -0.39 is 0 Å². The summed E-state index contributed by atoms with van der Waals surface area (Å²) >= 11 is 6.24.